The van der Waals surface area contributed by atoms with Crippen molar-refractivity contribution < 1.29 is 9.53 Å². The summed E-state index contributed by atoms with van der Waals surface area (Å²) in [7, 11) is 0. The van der Waals surface area contributed by atoms with E-state index in [9.17, 15) is 4.79 Å². The molecule has 2 rings (SSSR count). The van der Waals surface area contributed by atoms with Crippen LogP contribution in [0.15, 0.2) is 27.7 Å². The molecule has 2 N–H and O–H groups in total. The molecule has 0 saturated carbocycles. The van der Waals surface area contributed by atoms with Crippen LogP contribution in [0.5, 0.6) is 5.75 Å². The van der Waals surface area contributed by atoms with Crippen LogP contribution < -0.4 is 10.5 Å². The van der Waals surface area contributed by atoms with Gasteiger partial charge in [-0.2, -0.15) is 0 Å². The number of rotatable bonds is 0. The molecule has 0 saturated heterocycles. The molecule has 0 bridgehead atoms. The number of fused-ring (bicyclic) bond motifs is 1. The van der Waals surface area contributed by atoms with Crippen LogP contribution >= 0.6 is 15.9 Å². The number of benzene rings is 1. The number of carbonyl (C=O) groups is 1. The summed E-state index contributed by atoms with van der Waals surface area (Å²) >= 11 is 3.45. The second-order valence-corrected chi connectivity index (χ2v) is 7.56. The van der Waals surface area contributed by atoms with Crippen LogP contribution in [0.25, 0.3) is 0 Å². The summed E-state index contributed by atoms with van der Waals surface area (Å²) in [6, 6.07) is 5.64. The number of aliphatic imine (C=N–C) groups is 1. The Labute approximate surface area is 140 Å². The van der Waals surface area contributed by atoms with Crippen molar-refractivity contribution in [2.24, 2.45) is 16.6 Å². The Kier molecular flexibility index (Phi) is 5.27. The van der Waals surface area contributed by atoms with Gasteiger partial charge in [-0.15, -0.1) is 0 Å². The van der Waals surface area contributed by atoms with Gasteiger partial charge in [0, 0.05) is 23.7 Å². The van der Waals surface area contributed by atoms with E-state index in [1.807, 2.05) is 32.0 Å². The van der Waals surface area contributed by atoms with Crippen LogP contribution in [0.2, 0.25) is 0 Å². The molecule has 0 radical (unpaired) electrons. The summed E-state index contributed by atoms with van der Waals surface area (Å²) in [6.45, 7) is 5.94. The van der Waals surface area contributed by atoms with Gasteiger partial charge in [-0.3, -0.25) is 4.79 Å². The van der Waals surface area contributed by atoms with E-state index >= 15 is 0 Å². The SMILES string of the molecule is CC1CCC(N)=Nc2cc(Br)ccc2OC(C)(C)CC(=O)C1. The van der Waals surface area contributed by atoms with Gasteiger partial charge in [0.2, 0.25) is 0 Å². The number of nitrogens with two attached hydrogens (primary N) is 1. The molecule has 1 heterocycles. The molecule has 4 nitrogen and oxygen atoms in total. The molecule has 0 aromatic heterocycles. The molecule has 1 aromatic rings. The third-order valence-corrected chi connectivity index (χ3v) is 4.16. The van der Waals surface area contributed by atoms with E-state index in [1.54, 1.807) is 0 Å². The van der Waals surface area contributed by atoms with Crippen LogP contribution in [0.1, 0.15) is 46.5 Å². The first-order chi connectivity index (χ1) is 10.2. The van der Waals surface area contributed by atoms with Crippen LogP contribution in [-0.2, 0) is 4.79 Å². The molecule has 1 aromatic carbocycles. The van der Waals surface area contributed by atoms with Gasteiger partial charge in [0.25, 0.3) is 0 Å². The van der Waals surface area contributed by atoms with Crippen LogP contribution in [0.3, 0.4) is 0 Å². The zero-order valence-corrected chi connectivity index (χ0v) is 14.9. The van der Waals surface area contributed by atoms with Gasteiger partial charge in [-0.1, -0.05) is 22.9 Å². The minimum atomic E-state index is -0.567. The maximum absolute atomic E-state index is 12.2. The summed E-state index contributed by atoms with van der Waals surface area (Å²) in [4.78, 5) is 16.7. The summed E-state index contributed by atoms with van der Waals surface area (Å²) in [5, 5.41) is 0. The Bertz CT molecular complexity index is 596. The zero-order valence-electron chi connectivity index (χ0n) is 13.4. The smallest absolute Gasteiger partial charge is 0.145 e. The number of nitrogens with zero attached hydrogens (tertiary/aromatic N) is 1. The fraction of sp³-hybridized carbons (Fsp3) is 0.529. The van der Waals surface area contributed by atoms with Gasteiger partial charge in [0.05, 0.1) is 5.84 Å². The van der Waals surface area contributed by atoms with Crippen LogP contribution in [0, 0.1) is 5.92 Å². The highest BCUT2D eigenvalue weighted by Gasteiger charge is 2.26. The topological polar surface area (TPSA) is 64.7 Å². The Morgan fingerprint density at radius 1 is 1.41 bits per heavy atom. The highest BCUT2D eigenvalue weighted by atomic mass is 79.9. The Morgan fingerprint density at radius 2 is 2.14 bits per heavy atom. The van der Waals surface area contributed by atoms with E-state index in [2.05, 4.69) is 27.8 Å². The summed E-state index contributed by atoms with van der Waals surface area (Å²) in [5.74, 6) is 1.75. The fourth-order valence-electron chi connectivity index (χ4n) is 2.64. The minimum Gasteiger partial charge on any atom is -0.485 e. The second kappa shape index (κ2) is 6.82. The number of ketones is 1. The third-order valence-electron chi connectivity index (χ3n) is 3.66. The Morgan fingerprint density at radius 3 is 2.86 bits per heavy atom. The lowest BCUT2D eigenvalue weighted by Crippen LogP contribution is -2.32. The van der Waals surface area contributed by atoms with E-state index in [0.717, 1.165) is 10.9 Å². The van der Waals surface area contributed by atoms with Crippen molar-refractivity contribution in [3.63, 3.8) is 0 Å². The lowest BCUT2D eigenvalue weighted by Gasteiger charge is -2.27. The number of hydrogen-bond acceptors (Lipinski definition) is 4. The predicted octanol–water partition coefficient (Wildman–Crippen LogP) is 4.37. The maximum atomic E-state index is 12.2. The van der Waals surface area contributed by atoms with Crippen molar-refractivity contribution in [3.8, 4) is 5.75 Å². The monoisotopic (exact) mass is 366 g/mol. The maximum Gasteiger partial charge on any atom is 0.145 e. The van der Waals surface area contributed by atoms with E-state index in [4.69, 9.17) is 10.5 Å². The molecule has 1 unspecified atom stereocenters. The average molecular weight is 367 g/mol. The number of amidine groups is 1. The molecule has 0 aliphatic carbocycles. The number of Topliss-reactive ketones (excluding diaryl/α,β-unsaturated/α-hetero) is 1. The van der Waals surface area contributed by atoms with E-state index in [0.29, 0.717) is 42.5 Å². The van der Waals surface area contributed by atoms with Gasteiger partial charge >= 0.3 is 0 Å². The van der Waals surface area contributed by atoms with Gasteiger partial charge in [-0.25, -0.2) is 4.99 Å². The third kappa shape index (κ3) is 4.83. The molecular weight excluding hydrogens is 344 g/mol. The Balaban J connectivity index is 2.41. The van der Waals surface area contributed by atoms with Gasteiger partial charge < -0.3 is 10.5 Å². The number of hydrogen-bond donors (Lipinski definition) is 1. The summed E-state index contributed by atoms with van der Waals surface area (Å²) in [5.41, 5.74) is 6.17. The van der Waals surface area contributed by atoms with E-state index in [1.165, 1.54) is 0 Å². The molecule has 0 spiro atoms. The first-order valence-corrected chi connectivity index (χ1v) is 8.38. The minimum absolute atomic E-state index is 0.229. The van der Waals surface area contributed by atoms with Crippen molar-refractivity contribution in [2.45, 2.75) is 52.1 Å². The van der Waals surface area contributed by atoms with Crippen molar-refractivity contribution in [1.29, 1.82) is 0 Å². The standard InChI is InChI=1S/C17H23BrN2O2/c1-11-4-7-16(19)20-14-9-12(18)5-6-15(14)22-17(2,3)10-13(21)8-11/h5-6,9,11H,4,7-8,10H2,1-3H3,(H2,19,20). The molecule has 1 atom stereocenters. The summed E-state index contributed by atoms with van der Waals surface area (Å²) < 4.78 is 6.98. The van der Waals surface area contributed by atoms with Crippen molar-refractivity contribution >= 4 is 33.2 Å². The predicted molar refractivity (Wildman–Crippen MR) is 92.8 cm³/mol. The zero-order chi connectivity index (χ0) is 16.3. The normalized spacial score (nSPS) is 22.6. The van der Waals surface area contributed by atoms with Crippen LogP contribution in [0.4, 0.5) is 5.69 Å². The second-order valence-electron chi connectivity index (χ2n) is 6.64. The quantitative estimate of drug-likeness (QED) is 0.740. The number of halogens is 1. The number of carbonyl (C=O) groups excluding carboxylic acids is 1. The van der Waals surface area contributed by atoms with Crippen molar-refractivity contribution in [3.05, 3.63) is 22.7 Å². The largest absolute Gasteiger partial charge is 0.485 e. The molecule has 0 amide bonds. The highest BCUT2D eigenvalue weighted by molar-refractivity contribution is 9.10. The molecule has 120 valence electrons. The van der Waals surface area contributed by atoms with Gasteiger partial charge in [0.15, 0.2) is 0 Å². The van der Waals surface area contributed by atoms with Crippen molar-refractivity contribution in [2.75, 3.05) is 0 Å². The average Bonchev–Trinajstić information content (AvgIpc) is 2.37. The van der Waals surface area contributed by atoms with E-state index in [-0.39, 0.29) is 5.78 Å². The lowest BCUT2D eigenvalue weighted by molar-refractivity contribution is -0.123. The lowest BCUT2D eigenvalue weighted by atomic mass is 9.92. The first kappa shape index (κ1) is 17.0. The molecule has 22 heavy (non-hydrogen) atoms. The Hall–Kier alpha value is -1.36. The number of ether oxygens (including phenoxy) is 1. The van der Waals surface area contributed by atoms with Crippen LogP contribution in [-0.4, -0.2) is 17.2 Å². The molecule has 1 aliphatic rings. The molecule has 5 heteroatoms. The molecule has 0 fully saturated rings. The first-order valence-electron chi connectivity index (χ1n) is 7.58. The molecule has 1 aliphatic heterocycles. The van der Waals surface area contributed by atoms with Crippen molar-refractivity contribution in [1.82, 2.24) is 0 Å². The van der Waals surface area contributed by atoms with Gasteiger partial charge in [0.1, 0.15) is 22.8 Å². The molecular formula is C17H23BrN2O2. The van der Waals surface area contributed by atoms with Gasteiger partial charge in [-0.05, 0) is 44.4 Å². The summed E-state index contributed by atoms with van der Waals surface area (Å²) in [6.07, 6.45) is 2.51. The highest BCUT2D eigenvalue weighted by Crippen LogP contribution is 2.35. The fourth-order valence-corrected chi connectivity index (χ4v) is 2.99. The van der Waals surface area contributed by atoms with E-state index < -0.39 is 5.60 Å².